The van der Waals surface area contributed by atoms with Crippen LogP contribution in [0.4, 0.5) is 0 Å². The molecule has 2 fully saturated rings. The highest BCUT2D eigenvalue weighted by molar-refractivity contribution is 14.0. The van der Waals surface area contributed by atoms with Crippen molar-refractivity contribution >= 4 is 29.9 Å². The Hall–Kier alpha value is -0.860. The maximum atomic E-state index is 4.56. The minimum Gasteiger partial charge on any atom is -0.356 e. The maximum absolute atomic E-state index is 4.56. The molecule has 0 bridgehead atoms. The number of aryl methyl sites for hydroxylation is 2. The molecule has 1 aliphatic carbocycles. The molecule has 0 atom stereocenters. The molecule has 1 aromatic rings. The van der Waals surface area contributed by atoms with E-state index in [9.17, 15) is 0 Å². The van der Waals surface area contributed by atoms with Crippen LogP contribution in [0, 0.1) is 5.41 Å². The normalized spacial score (nSPS) is 21.9. The number of aromatic nitrogens is 3. The van der Waals surface area contributed by atoms with Gasteiger partial charge in [-0.15, -0.1) is 34.2 Å². The fraction of sp³-hybridized carbons (Fsp3) is 0.857. The zero-order chi connectivity index (χ0) is 18.5. The molecule has 4 rings (SSSR count). The number of hydrogen-bond acceptors (Lipinski definition) is 3. The predicted octanol–water partition coefficient (Wildman–Crippen LogP) is 3.79. The lowest BCUT2D eigenvalue weighted by Crippen LogP contribution is -2.42. The van der Waals surface area contributed by atoms with Gasteiger partial charge in [0, 0.05) is 46.1 Å². The first-order valence-electron chi connectivity index (χ1n) is 11.2. The van der Waals surface area contributed by atoms with Crippen molar-refractivity contribution in [1.82, 2.24) is 25.0 Å². The van der Waals surface area contributed by atoms with Gasteiger partial charge in [-0.25, -0.2) is 0 Å². The van der Waals surface area contributed by atoms with E-state index in [4.69, 9.17) is 0 Å². The molecular formula is C21H37IN6. The van der Waals surface area contributed by atoms with Gasteiger partial charge in [0.15, 0.2) is 5.96 Å². The molecule has 6 nitrogen and oxygen atoms in total. The lowest BCUT2D eigenvalue weighted by Gasteiger charge is -2.33. The van der Waals surface area contributed by atoms with Crippen molar-refractivity contribution in [2.75, 3.05) is 26.7 Å². The first kappa shape index (κ1) is 21.8. The molecule has 1 aromatic heterocycles. The van der Waals surface area contributed by atoms with Gasteiger partial charge in [-0.2, -0.15) is 0 Å². The molecule has 1 N–H and O–H groups in total. The molecule has 1 saturated carbocycles. The van der Waals surface area contributed by atoms with Gasteiger partial charge in [0.05, 0.1) is 0 Å². The number of guanidine groups is 1. The Kier molecular flexibility index (Phi) is 8.00. The minimum atomic E-state index is 0. The van der Waals surface area contributed by atoms with Gasteiger partial charge in [-0.3, -0.25) is 4.99 Å². The van der Waals surface area contributed by atoms with E-state index in [2.05, 4.69) is 30.0 Å². The van der Waals surface area contributed by atoms with Gasteiger partial charge in [0.25, 0.3) is 0 Å². The third kappa shape index (κ3) is 5.00. The largest absolute Gasteiger partial charge is 0.356 e. The Morgan fingerprint density at radius 3 is 2.68 bits per heavy atom. The minimum absolute atomic E-state index is 0. The van der Waals surface area contributed by atoms with Crippen LogP contribution in [0.25, 0.3) is 0 Å². The van der Waals surface area contributed by atoms with E-state index in [1.165, 1.54) is 76.0 Å². The summed E-state index contributed by atoms with van der Waals surface area (Å²) in [5.41, 5.74) is 0.578. The second kappa shape index (κ2) is 10.3. The van der Waals surface area contributed by atoms with E-state index in [1.54, 1.807) is 0 Å². The maximum Gasteiger partial charge on any atom is 0.193 e. The second-order valence-corrected chi connectivity index (χ2v) is 8.80. The third-order valence-corrected chi connectivity index (χ3v) is 6.91. The van der Waals surface area contributed by atoms with Gasteiger partial charge in [-0.05, 0) is 43.9 Å². The van der Waals surface area contributed by atoms with Gasteiger partial charge >= 0.3 is 0 Å². The van der Waals surface area contributed by atoms with E-state index < -0.39 is 0 Å². The number of halogens is 1. The van der Waals surface area contributed by atoms with Crippen molar-refractivity contribution in [2.45, 2.75) is 83.6 Å². The molecule has 1 saturated heterocycles. The Bertz CT molecular complexity index is 649. The Morgan fingerprint density at radius 2 is 1.86 bits per heavy atom. The van der Waals surface area contributed by atoms with Crippen molar-refractivity contribution in [3.63, 3.8) is 0 Å². The quantitative estimate of drug-likeness (QED) is 0.296. The molecule has 2 aliphatic heterocycles. The zero-order valence-electron chi connectivity index (χ0n) is 17.5. The second-order valence-electron chi connectivity index (χ2n) is 8.80. The SMILES string of the molecule is CN=C(NCCCc1nnc2n1CCCCC2)N1CCC2(CCCCC2)C1.I. The average molecular weight is 500 g/mol. The summed E-state index contributed by atoms with van der Waals surface area (Å²) in [6.45, 7) is 4.42. The van der Waals surface area contributed by atoms with Gasteiger partial charge in [-0.1, -0.05) is 25.7 Å². The van der Waals surface area contributed by atoms with E-state index in [-0.39, 0.29) is 24.0 Å². The zero-order valence-corrected chi connectivity index (χ0v) is 19.8. The number of aliphatic imine (C=N–C) groups is 1. The van der Waals surface area contributed by atoms with Gasteiger partial charge in [0.1, 0.15) is 11.6 Å². The number of fused-ring (bicyclic) bond motifs is 1. The Balaban J connectivity index is 0.00000225. The first-order valence-corrected chi connectivity index (χ1v) is 11.2. The summed E-state index contributed by atoms with van der Waals surface area (Å²) >= 11 is 0. The smallest absolute Gasteiger partial charge is 0.193 e. The van der Waals surface area contributed by atoms with E-state index in [0.29, 0.717) is 5.41 Å². The lowest BCUT2D eigenvalue weighted by molar-refractivity contribution is 0.203. The molecule has 0 amide bonds. The molecule has 0 radical (unpaired) electrons. The summed E-state index contributed by atoms with van der Waals surface area (Å²) in [4.78, 5) is 7.06. The molecule has 28 heavy (non-hydrogen) atoms. The van der Waals surface area contributed by atoms with Crippen molar-refractivity contribution in [3.05, 3.63) is 11.6 Å². The van der Waals surface area contributed by atoms with Gasteiger partial charge in [0.2, 0.25) is 0 Å². The van der Waals surface area contributed by atoms with Crippen LogP contribution in [0.3, 0.4) is 0 Å². The molecule has 3 aliphatic rings. The molecule has 158 valence electrons. The van der Waals surface area contributed by atoms with Crippen LogP contribution in [0.1, 0.15) is 75.9 Å². The number of nitrogens with zero attached hydrogens (tertiary/aromatic N) is 5. The van der Waals surface area contributed by atoms with E-state index >= 15 is 0 Å². The van der Waals surface area contributed by atoms with Gasteiger partial charge < -0.3 is 14.8 Å². The van der Waals surface area contributed by atoms with E-state index in [1.807, 2.05) is 7.05 Å². The summed E-state index contributed by atoms with van der Waals surface area (Å²) < 4.78 is 2.37. The van der Waals surface area contributed by atoms with Crippen LogP contribution in [-0.2, 0) is 19.4 Å². The molecule has 1 spiro atoms. The predicted molar refractivity (Wildman–Crippen MR) is 124 cm³/mol. The molecule has 3 heterocycles. The summed E-state index contributed by atoms with van der Waals surface area (Å²) in [5, 5.41) is 12.5. The van der Waals surface area contributed by atoms with Crippen LogP contribution >= 0.6 is 24.0 Å². The Labute approximate surface area is 187 Å². The highest BCUT2D eigenvalue weighted by Gasteiger charge is 2.39. The highest BCUT2D eigenvalue weighted by Crippen LogP contribution is 2.43. The standard InChI is InChI=1S/C21H36N6.HI/c1-22-20(26-16-13-21(17-26)11-5-3-6-12-21)23-14-8-10-19-25-24-18-9-4-2-7-15-27(18)19;/h2-17H2,1H3,(H,22,23);1H. The van der Waals surface area contributed by atoms with Crippen molar-refractivity contribution in [2.24, 2.45) is 10.4 Å². The highest BCUT2D eigenvalue weighted by atomic mass is 127. The number of rotatable bonds is 4. The van der Waals surface area contributed by atoms with Crippen LogP contribution < -0.4 is 5.32 Å². The van der Waals surface area contributed by atoms with Crippen LogP contribution in [0.2, 0.25) is 0 Å². The number of nitrogens with one attached hydrogen (secondary N) is 1. The number of likely N-dealkylation sites (tertiary alicyclic amines) is 1. The molecular weight excluding hydrogens is 463 g/mol. The molecule has 7 heteroatoms. The molecule has 0 aromatic carbocycles. The van der Waals surface area contributed by atoms with Crippen LogP contribution in [0.15, 0.2) is 4.99 Å². The third-order valence-electron chi connectivity index (χ3n) is 6.91. The monoisotopic (exact) mass is 500 g/mol. The molecule has 0 unspecified atom stereocenters. The lowest BCUT2D eigenvalue weighted by atomic mass is 9.73. The summed E-state index contributed by atoms with van der Waals surface area (Å²) in [5.74, 6) is 3.46. The topological polar surface area (TPSA) is 58.3 Å². The Morgan fingerprint density at radius 1 is 1.04 bits per heavy atom. The van der Waals surface area contributed by atoms with Crippen molar-refractivity contribution < 1.29 is 0 Å². The first-order chi connectivity index (χ1) is 13.3. The van der Waals surface area contributed by atoms with Crippen LogP contribution in [-0.4, -0.2) is 52.3 Å². The van der Waals surface area contributed by atoms with Crippen molar-refractivity contribution in [3.8, 4) is 0 Å². The van der Waals surface area contributed by atoms with Crippen molar-refractivity contribution in [1.29, 1.82) is 0 Å². The average Bonchev–Trinajstić information content (AvgIpc) is 3.18. The van der Waals surface area contributed by atoms with Crippen LogP contribution in [0.5, 0.6) is 0 Å². The summed E-state index contributed by atoms with van der Waals surface area (Å²) in [6.07, 6.45) is 15.5. The summed E-state index contributed by atoms with van der Waals surface area (Å²) in [6, 6.07) is 0. The fourth-order valence-electron chi connectivity index (χ4n) is 5.33. The number of hydrogen-bond donors (Lipinski definition) is 1. The fourth-order valence-corrected chi connectivity index (χ4v) is 5.33. The summed E-state index contributed by atoms with van der Waals surface area (Å²) in [7, 11) is 1.92. The van der Waals surface area contributed by atoms with E-state index in [0.717, 1.165) is 44.9 Å².